The second-order valence-corrected chi connectivity index (χ2v) is 18.8. The largest absolute Gasteiger partial charge is 0.274 e. The topological polar surface area (TPSA) is 74.8 Å². The Morgan fingerprint density at radius 2 is 0.821 bits per heavy atom. The molecular weight excluding hydrogens is 773 g/mol. The Morgan fingerprint density at radius 1 is 0.429 bits per heavy atom. The second kappa shape index (κ2) is 17.1. The smallest absolute Gasteiger partial charge is 0.262 e. The van der Waals surface area contributed by atoms with Gasteiger partial charge in [0.05, 0.1) is 11.1 Å². The zero-order valence-corrected chi connectivity index (χ0v) is 35.3. The van der Waals surface area contributed by atoms with E-state index < -0.39 is 0 Å². The van der Waals surface area contributed by atoms with E-state index in [-0.39, 0.29) is 23.6 Å². The van der Waals surface area contributed by atoms with E-state index in [1.807, 2.05) is 47.2 Å². The van der Waals surface area contributed by atoms with Crippen LogP contribution in [0.5, 0.6) is 0 Å². The van der Waals surface area contributed by atoms with Crippen molar-refractivity contribution in [3.05, 3.63) is 93.7 Å². The fourth-order valence-corrected chi connectivity index (χ4v) is 11.9. The Kier molecular flexibility index (Phi) is 11.8. The Morgan fingerprint density at radius 3 is 1.21 bits per heavy atom. The number of carbonyl (C=O) groups excluding carboxylic acids is 4. The molecule has 2 aliphatic rings. The van der Waals surface area contributed by atoms with Crippen molar-refractivity contribution in [1.29, 1.82) is 0 Å². The second-order valence-electron chi connectivity index (χ2n) is 14.8. The van der Waals surface area contributed by atoms with Gasteiger partial charge in [-0.25, -0.2) is 0 Å². The Balaban J connectivity index is 1.31. The van der Waals surface area contributed by atoms with Gasteiger partial charge < -0.3 is 0 Å². The first-order valence-electron chi connectivity index (χ1n) is 20.1. The Hall–Kier alpha value is -4.22. The summed E-state index contributed by atoms with van der Waals surface area (Å²) < 4.78 is 0. The molecule has 0 saturated heterocycles. The molecule has 0 fully saturated rings. The lowest BCUT2D eigenvalue weighted by molar-refractivity contribution is 0.0587. The van der Waals surface area contributed by atoms with Gasteiger partial charge in [0.1, 0.15) is 0 Å². The average Bonchev–Trinajstić information content (AvgIpc) is 4.05. The van der Waals surface area contributed by atoms with E-state index in [1.54, 1.807) is 45.3 Å². The molecule has 2 aromatic carbocycles. The average molecular weight is 819 g/mol. The number of hydrogen-bond donors (Lipinski definition) is 0. The molecule has 4 amide bonds. The summed E-state index contributed by atoms with van der Waals surface area (Å²) in [6, 6.07) is 20.1. The molecule has 0 spiro atoms. The molecule has 0 unspecified atom stereocenters. The normalized spacial score (nSPS) is 13.9. The fraction of sp³-hybridized carbons (Fsp3) is 0.348. The first-order valence-corrected chi connectivity index (χ1v) is 23.5. The van der Waals surface area contributed by atoms with Crippen molar-refractivity contribution in [1.82, 2.24) is 9.80 Å². The van der Waals surface area contributed by atoms with Crippen molar-refractivity contribution < 1.29 is 19.2 Å². The number of carbonyl (C=O) groups is 4. The lowest BCUT2D eigenvalue weighted by Crippen LogP contribution is -2.44. The van der Waals surface area contributed by atoms with E-state index in [0.717, 1.165) is 93.5 Å². The number of amides is 4. The quantitative estimate of drug-likeness (QED) is 0.0639. The maximum atomic E-state index is 14.8. The van der Waals surface area contributed by atoms with Gasteiger partial charge in [-0.1, -0.05) is 90.2 Å². The monoisotopic (exact) mass is 818 g/mol. The van der Waals surface area contributed by atoms with Gasteiger partial charge in [-0.15, -0.1) is 45.3 Å². The minimum absolute atomic E-state index is 0.319. The van der Waals surface area contributed by atoms with Crippen LogP contribution in [-0.2, 0) is 0 Å². The molecule has 0 saturated carbocycles. The summed E-state index contributed by atoms with van der Waals surface area (Å²) in [6.07, 6.45) is 12.3. The number of unbranched alkanes of at least 4 members (excludes halogenated alkanes) is 10. The first kappa shape index (κ1) is 38.6. The van der Waals surface area contributed by atoms with Gasteiger partial charge in [0.25, 0.3) is 23.6 Å². The Bertz CT molecular complexity index is 2230. The molecule has 288 valence electrons. The minimum Gasteiger partial charge on any atom is -0.274 e. The van der Waals surface area contributed by atoms with Crippen molar-refractivity contribution in [3.63, 3.8) is 0 Å². The number of hydrogen-bond acceptors (Lipinski definition) is 8. The number of rotatable bonds is 18. The third-order valence-electron chi connectivity index (χ3n) is 11.0. The summed E-state index contributed by atoms with van der Waals surface area (Å²) in [5.41, 5.74) is 2.87. The minimum atomic E-state index is -0.359. The summed E-state index contributed by atoms with van der Waals surface area (Å²) in [5.74, 6) is -1.43. The van der Waals surface area contributed by atoms with Crippen LogP contribution in [0.4, 0.5) is 0 Å². The van der Waals surface area contributed by atoms with Crippen LogP contribution >= 0.6 is 45.3 Å². The van der Waals surface area contributed by atoms with Crippen LogP contribution in [0.1, 0.15) is 132 Å². The highest BCUT2D eigenvalue weighted by Crippen LogP contribution is 2.49. The number of benzene rings is 2. The molecule has 2 aliphatic heterocycles. The van der Waals surface area contributed by atoms with Crippen LogP contribution in [0.2, 0.25) is 0 Å². The van der Waals surface area contributed by atoms with Gasteiger partial charge in [0.2, 0.25) is 0 Å². The van der Waals surface area contributed by atoms with Crippen molar-refractivity contribution in [2.45, 2.75) is 90.9 Å². The third kappa shape index (κ3) is 7.25. The van der Waals surface area contributed by atoms with Crippen LogP contribution in [0.25, 0.3) is 51.2 Å². The van der Waals surface area contributed by atoms with Crippen LogP contribution in [0, 0.1) is 0 Å². The molecule has 0 atom stereocenters. The molecule has 0 radical (unpaired) electrons. The van der Waals surface area contributed by atoms with E-state index in [2.05, 4.69) is 38.1 Å². The highest BCUT2D eigenvalue weighted by Gasteiger charge is 2.43. The maximum absolute atomic E-state index is 14.8. The van der Waals surface area contributed by atoms with E-state index in [9.17, 15) is 19.2 Å². The first-order chi connectivity index (χ1) is 27.4. The number of nitrogens with zero attached hydrogens (tertiary/aromatic N) is 2. The fourth-order valence-electron chi connectivity index (χ4n) is 8.13. The summed E-state index contributed by atoms with van der Waals surface area (Å²) >= 11 is 6.47. The standard InChI is InChI=1S/C46H46N2O4S4/c1-3-5-7-9-11-13-23-47-43(49)31-27-30(34-20-22-38(56-34)36-18-16-26-54-36)42-40-32(44(50)48(46(42)52)24-14-12-10-8-6-4-2)28-29(41(39(31)40)45(47)51)33-19-21-37(55-33)35-17-15-25-53-35/h15-22,25-28H,3-14,23-24H2,1-2H3. The van der Waals surface area contributed by atoms with Gasteiger partial charge in [0, 0.05) is 75.4 Å². The van der Waals surface area contributed by atoms with Crippen LogP contribution < -0.4 is 0 Å². The van der Waals surface area contributed by atoms with E-state index >= 15 is 0 Å². The molecule has 56 heavy (non-hydrogen) atoms. The van der Waals surface area contributed by atoms with Crippen LogP contribution in [0.15, 0.2) is 71.4 Å². The molecule has 4 aromatic heterocycles. The predicted octanol–water partition coefficient (Wildman–Crippen LogP) is 13.7. The number of imide groups is 2. The summed E-state index contributed by atoms with van der Waals surface area (Å²) in [7, 11) is 0. The van der Waals surface area contributed by atoms with Crippen LogP contribution in [-0.4, -0.2) is 46.5 Å². The number of thiophene rings is 4. The van der Waals surface area contributed by atoms with Crippen molar-refractivity contribution in [2.24, 2.45) is 0 Å². The summed E-state index contributed by atoms with van der Waals surface area (Å²) in [6.45, 7) is 5.02. The van der Waals surface area contributed by atoms with Crippen molar-refractivity contribution in [2.75, 3.05) is 13.1 Å². The Labute approximate surface area is 344 Å². The van der Waals surface area contributed by atoms with Crippen molar-refractivity contribution >= 4 is 79.7 Å². The summed E-state index contributed by atoms with van der Waals surface area (Å²) in [4.78, 5) is 68.0. The van der Waals surface area contributed by atoms with E-state index in [1.165, 1.54) is 22.6 Å². The molecule has 0 aliphatic carbocycles. The van der Waals surface area contributed by atoms with Gasteiger partial charge in [-0.2, -0.15) is 0 Å². The van der Waals surface area contributed by atoms with E-state index in [0.29, 0.717) is 57.2 Å². The molecule has 6 heterocycles. The molecular formula is C46H46N2O4S4. The lowest BCUT2D eigenvalue weighted by Gasteiger charge is -2.34. The SMILES string of the molecule is CCCCCCCCN1C(=O)c2cc(-c3ccc(-c4cccs4)s3)c3c4c(cc(-c5ccc(-c6cccs6)s5)c(c24)C1=O)C(=O)N(CCCCCCCC)C3=O. The van der Waals surface area contributed by atoms with Gasteiger partial charge >= 0.3 is 0 Å². The lowest BCUT2D eigenvalue weighted by atomic mass is 9.80. The van der Waals surface area contributed by atoms with Crippen molar-refractivity contribution in [3.8, 4) is 40.4 Å². The molecule has 8 rings (SSSR count). The summed E-state index contributed by atoms with van der Waals surface area (Å²) in [5, 5.41) is 4.97. The highest BCUT2D eigenvalue weighted by molar-refractivity contribution is 7.23. The highest BCUT2D eigenvalue weighted by atomic mass is 32.1. The molecule has 6 aromatic rings. The van der Waals surface area contributed by atoms with E-state index in [4.69, 9.17) is 0 Å². The zero-order chi connectivity index (χ0) is 38.8. The molecule has 0 bridgehead atoms. The predicted molar refractivity (Wildman–Crippen MR) is 235 cm³/mol. The maximum Gasteiger partial charge on any atom is 0.262 e. The molecule has 10 heteroatoms. The van der Waals surface area contributed by atoms with Gasteiger partial charge in [-0.3, -0.25) is 29.0 Å². The third-order valence-corrected chi connectivity index (χ3v) is 15.4. The van der Waals surface area contributed by atoms with Crippen LogP contribution in [0.3, 0.4) is 0 Å². The van der Waals surface area contributed by atoms with Gasteiger partial charge in [-0.05, 0) is 72.1 Å². The zero-order valence-electron chi connectivity index (χ0n) is 32.0. The van der Waals surface area contributed by atoms with Gasteiger partial charge in [0.15, 0.2) is 0 Å². The molecule has 0 N–H and O–H groups in total. The molecule has 6 nitrogen and oxygen atoms in total.